The summed E-state index contributed by atoms with van der Waals surface area (Å²) < 4.78 is 11.2. The second-order valence-electron chi connectivity index (χ2n) is 8.18. The molecule has 30 heavy (non-hydrogen) atoms. The minimum atomic E-state index is -0.172. The number of carbonyl (C=O) groups excluding carboxylic acids is 2. The molecule has 156 valence electrons. The highest BCUT2D eigenvalue weighted by molar-refractivity contribution is 6.21. The highest BCUT2D eigenvalue weighted by atomic mass is 16.6. The molecule has 0 saturated carbocycles. The lowest BCUT2D eigenvalue weighted by Gasteiger charge is -2.37. The Balaban J connectivity index is 1.27. The SMILES string of the molecule is CC(c1ccc2c(n1)OCCO2)N1CCC[C@H](CN2C(=O)c3ccccc3C2=O)C1. The number of benzene rings is 1. The Bertz CT molecular complexity index is 957. The third-order valence-electron chi connectivity index (χ3n) is 6.27. The summed E-state index contributed by atoms with van der Waals surface area (Å²) in [5, 5.41) is 0. The van der Waals surface area contributed by atoms with Gasteiger partial charge >= 0.3 is 0 Å². The first-order valence-corrected chi connectivity index (χ1v) is 10.6. The van der Waals surface area contributed by atoms with E-state index >= 15 is 0 Å². The van der Waals surface area contributed by atoms with E-state index in [1.165, 1.54) is 4.90 Å². The normalized spacial score (nSPS) is 22.2. The molecule has 7 nitrogen and oxygen atoms in total. The highest BCUT2D eigenvalue weighted by Crippen LogP contribution is 2.33. The number of likely N-dealkylation sites (tertiary alicyclic amines) is 1. The van der Waals surface area contributed by atoms with Gasteiger partial charge in [-0.15, -0.1) is 0 Å². The zero-order valence-corrected chi connectivity index (χ0v) is 17.0. The quantitative estimate of drug-likeness (QED) is 0.726. The number of nitrogens with zero attached hydrogens (tertiary/aromatic N) is 3. The van der Waals surface area contributed by atoms with Gasteiger partial charge in [-0.2, -0.15) is 0 Å². The largest absolute Gasteiger partial charge is 0.484 e. The topological polar surface area (TPSA) is 72.0 Å². The van der Waals surface area contributed by atoms with Crippen LogP contribution in [0.15, 0.2) is 36.4 Å². The van der Waals surface area contributed by atoms with E-state index in [-0.39, 0.29) is 23.8 Å². The van der Waals surface area contributed by atoms with E-state index in [1.807, 2.05) is 12.1 Å². The lowest BCUT2D eigenvalue weighted by atomic mass is 9.95. The van der Waals surface area contributed by atoms with Gasteiger partial charge in [0.25, 0.3) is 17.7 Å². The molecular formula is C23H25N3O4. The number of fused-ring (bicyclic) bond motifs is 2. The van der Waals surface area contributed by atoms with Crippen LogP contribution in [-0.4, -0.2) is 59.4 Å². The van der Waals surface area contributed by atoms with Gasteiger partial charge in [0.1, 0.15) is 13.2 Å². The van der Waals surface area contributed by atoms with Crippen molar-refractivity contribution in [1.29, 1.82) is 0 Å². The maximum atomic E-state index is 12.7. The summed E-state index contributed by atoms with van der Waals surface area (Å²) in [4.78, 5) is 33.9. The molecule has 0 spiro atoms. The van der Waals surface area contributed by atoms with Crippen LogP contribution in [0.3, 0.4) is 0 Å². The number of hydrogen-bond acceptors (Lipinski definition) is 6. The van der Waals surface area contributed by atoms with Gasteiger partial charge in [-0.1, -0.05) is 12.1 Å². The Morgan fingerprint density at radius 2 is 1.80 bits per heavy atom. The van der Waals surface area contributed by atoms with Gasteiger partial charge in [-0.05, 0) is 56.5 Å². The molecule has 3 aliphatic rings. The molecule has 1 aromatic heterocycles. The molecule has 2 amide bonds. The monoisotopic (exact) mass is 407 g/mol. The summed E-state index contributed by atoms with van der Waals surface area (Å²) in [5.41, 5.74) is 1.98. The molecule has 2 atom stereocenters. The van der Waals surface area contributed by atoms with Crippen LogP contribution in [0.4, 0.5) is 0 Å². The molecule has 1 unspecified atom stereocenters. The molecule has 2 aromatic rings. The molecule has 5 rings (SSSR count). The van der Waals surface area contributed by atoms with Gasteiger partial charge < -0.3 is 9.47 Å². The molecule has 0 aliphatic carbocycles. The third kappa shape index (κ3) is 3.33. The molecule has 4 heterocycles. The van der Waals surface area contributed by atoms with Crippen LogP contribution in [-0.2, 0) is 0 Å². The smallest absolute Gasteiger partial charge is 0.261 e. The molecule has 3 aliphatic heterocycles. The Labute approximate surface area is 175 Å². The van der Waals surface area contributed by atoms with Gasteiger partial charge in [0, 0.05) is 19.1 Å². The van der Waals surface area contributed by atoms with Crippen molar-refractivity contribution in [3.05, 3.63) is 53.2 Å². The number of ether oxygens (including phenoxy) is 2. The predicted molar refractivity (Wildman–Crippen MR) is 110 cm³/mol. The van der Waals surface area contributed by atoms with Crippen LogP contribution in [0.25, 0.3) is 0 Å². The van der Waals surface area contributed by atoms with Gasteiger partial charge in [0.2, 0.25) is 0 Å². The molecule has 0 bridgehead atoms. The summed E-state index contributed by atoms with van der Waals surface area (Å²) in [6.07, 6.45) is 2.04. The Kier molecular flexibility index (Phi) is 4.90. The molecule has 0 N–H and O–H groups in total. The second-order valence-corrected chi connectivity index (χ2v) is 8.18. The first kappa shape index (κ1) is 19.1. The maximum absolute atomic E-state index is 12.7. The number of piperidine rings is 1. The third-order valence-corrected chi connectivity index (χ3v) is 6.27. The minimum absolute atomic E-state index is 0.116. The molecule has 1 aromatic carbocycles. The Hall–Kier alpha value is -2.93. The van der Waals surface area contributed by atoms with Crippen LogP contribution in [0.1, 0.15) is 52.2 Å². The number of carbonyl (C=O) groups is 2. The van der Waals surface area contributed by atoms with Gasteiger partial charge in [0.15, 0.2) is 5.75 Å². The van der Waals surface area contributed by atoms with Gasteiger partial charge in [-0.3, -0.25) is 19.4 Å². The molecular weight excluding hydrogens is 382 g/mol. The number of aromatic nitrogens is 1. The van der Waals surface area contributed by atoms with Crippen molar-refractivity contribution < 1.29 is 19.1 Å². The molecule has 7 heteroatoms. The standard InChI is InChI=1S/C23H25N3O4/c1-15(19-8-9-20-21(24-19)30-12-11-29-20)25-10-4-5-16(13-25)14-26-22(27)17-6-2-3-7-18(17)23(26)28/h2-3,6-9,15-16H,4-5,10-14H2,1H3/t15?,16-/m0/s1. The molecule has 1 fully saturated rings. The summed E-state index contributed by atoms with van der Waals surface area (Å²) in [7, 11) is 0. The van der Waals surface area contributed by atoms with Crippen molar-refractivity contribution >= 4 is 11.8 Å². The minimum Gasteiger partial charge on any atom is -0.484 e. The summed E-state index contributed by atoms with van der Waals surface area (Å²) >= 11 is 0. The highest BCUT2D eigenvalue weighted by Gasteiger charge is 2.37. The van der Waals surface area contributed by atoms with Gasteiger partial charge in [-0.25, -0.2) is 4.98 Å². The fourth-order valence-corrected chi connectivity index (χ4v) is 4.63. The fourth-order valence-electron chi connectivity index (χ4n) is 4.63. The van der Waals surface area contributed by atoms with Crippen LogP contribution in [0.5, 0.6) is 11.6 Å². The van der Waals surface area contributed by atoms with Crippen LogP contribution < -0.4 is 9.47 Å². The number of amides is 2. The first-order chi connectivity index (χ1) is 14.6. The van der Waals surface area contributed by atoms with Crippen molar-refractivity contribution in [3.63, 3.8) is 0 Å². The Morgan fingerprint density at radius 1 is 1.07 bits per heavy atom. The van der Waals surface area contributed by atoms with Crippen LogP contribution >= 0.6 is 0 Å². The number of hydrogen-bond donors (Lipinski definition) is 0. The number of rotatable bonds is 4. The first-order valence-electron chi connectivity index (χ1n) is 10.6. The zero-order valence-electron chi connectivity index (χ0n) is 17.0. The van der Waals surface area contributed by atoms with E-state index in [4.69, 9.17) is 9.47 Å². The van der Waals surface area contributed by atoms with Crippen LogP contribution in [0, 0.1) is 5.92 Å². The lowest BCUT2D eigenvalue weighted by Crippen LogP contribution is -2.43. The van der Waals surface area contributed by atoms with Gasteiger partial charge in [0.05, 0.1) is 16.8 Å². The van der Waals surface area contributed by atoms with Crippen molar-refractivity contribution in [1.82, 2.24) is 14.8 Å². The zero-order chi connectivity index (χ0) is 20.7. The van der Waals surface area contributed by atoms with E-state index in [1.54, 1.807) is 24.3 Å². The lowest BCUT2D eigenvalue weighted by molar-refractivity contribution is 0.0565. The number of imide groups is 1. The summed E-state index contributed by atoms with van der Waals surface area (Å²) in [5.74, 6) is 1.16. The average Bonchev–Trinajstić information content (AvgIpc) is 3.03. The molecule has 0 radical (unpaired) electrons. The summed E-state index contributed by atoms with van der Waals surface area (Å²) in [6, 6.07) is 11.1. The maximum Gasteiger partial charge on any atom is 0.261 e. The van der Waals surface area contributed by atoms with E-state index in [0.717, 1.165) is 31.6 Å². The van der Waals surface area contributed by atoms with Crippen molar-refractivity contribution in [3.8, 4) is 11.6 Å². The van der Waals surface area contributed by atoms with Crippen molar-refractivity contribution in [2.45, 2.75) is 25.8 Å². The van der Waals surface area contributed by atoms with E-state index in [0.29, 0.717) is 42.5 Å². The van der Waals surface area contributed by atoms with E-state index < -0.39 is 0 Å². The number of pyridine rings is 1. The van der Waals surface area contributed by atoms with E-state index in [9.17, 15) is 9.59 Å². The summed E-state index contributed by atoms with van der Waals surface area (Å²) in [6.45, 7) is 5.46. The second kappa shape index (κ2) is 7.72. The van der Waals surface area contributed by atoms with E-state index in [2.05, 4.69) is 16.8 Å². The Morgan fingerprint density at radius 3 is 2.57 bits per heavy atom. The molecule has 1 saturated heterocycles. The fraction of sp³-hybridized carbons (Fsp3) is 0.435. The predicted octanol–water partition coefficient (Wildman–Crippen LogP) is 2.92. The van der Waals surface area contributed by atoms with Crippen LogP contribution in [0.2, 0.25) is 0 Å². The van der Waals surface area contributed by atoms with Crippen molar-refractivity contribution in [2.24, 2.45) is 5.92 Å². The van der Waals surface area contributed by atoms with Crippen molar-refractivity contribution in [2.75, 3.05) is 32.8 Å². The average molecular weight is 407 g/mol.